The zero-order valence-corrected chi connectivity index (χ0v) is 22.8. The number of ether oxygens (including phenoxy) is 4. The van der Waals surface area contributed by atoms with Crippen molar-refractivity contribution in [1.29, 1.82) is 5.26 Å². The van der Waals surface area contributed by atoms with Gasteiger partial charge >= 0.3 is 0 Å². The monoisotopic (exact) mass is 527 g/mol. The van der Waals surface area contributed by atoms with E-state index >= 15 is 0 Å². The third-order valence-electron chi connectivity index (χ3n) is 7.22. The van der Waals surface area contributed by atoms with Gasteiger partial charge in [-0.2, -0.15) is 5.26 Å². The fraction of sp³-hybridized carbons (Fsp3) is 0.875. The molecule has 4 rings (SSSR count). The van der Waals surface area contributed by atoms with Crippen LogP contribution in [-0.2, 0) is 37.6 Å². The standard InChI is InChI=1S/C24H38N3O8P/c1-14(2)27(15(3)4)36(31-11-7-9-25)32-12-8-10-26-22(28)16-13-17-19-21(35-24(5,30-6)34-19)20(33-17)18(16)23(26)29/h14-21H,7-8,10-13H2,1-6H3. The highest BCUT2D eigenvalue weighted by Gasteiger charge is 2.67. The van der Waals surface area contributed by atoms with E-state index in [1.807, 2.05) is 0 Å². The fourth-order valence-electron chi connectivity index (χ4n) is 5.71. The molecule has 0 aromatic heterocycles. The minimum Gasteiger partial charge on any atom is -0.368 e. The van der Waals surface area contributed by atoms with Crippen molar-refractivity contribution >= 4 is 20.3 Å². The summed E-state index contributed by atoms with van der Waals surface area (Å²) in [7, 11) is 0.146. The average molecular weight is 528 g/mol. The van der Waals surface area contributed by atoms with E-state index in [1.54, 1.807) is 6.92 Å². The number of hydrogen-bond donors (Lipinski definition) is 0. The Balaban J connectivity index is 1.34. The van der Waals surface area contributed by atoms with Crippen molar-refractivity contribution in [1.82, 2.24) is 9.57 Å². The van der Waals surface area contributed by atoms with Crippen molar-refractivity contribution in [2.75, 3.05) is 26.9 Å². The van der Waals surface area contributed by atoms with Crippen LogP contribution in [0.3, 0.4) is 0 Å². The van der Waals surface area contributed by atoms with Gasteiger partial charge in [0, 0.05) is 32.7 Å². The smallest absolute Gasteiger partial charge is 0.280 e. The molecule has 4 heterocycles. The molecule has 4 fully saturated rings. The van der Waals surface area contributed by atoms with Gasteiger partial charge in [-0.05, 0) is 40.5 Å². The lowest BCUT2D eigenvalue weighted by molar-refractivity contribution is -0.336. The van der Waals surface area contributed by atoms with Crippen LogP contribution in [0.1, 0.15) is 53.9 Å². The summed E-state index contributed by atoms with van der Waals surface area (Å²) < 4.78 is 37.5. The molecule has 2 amide bonds. The molecule has 0 radical (unpaired) electrons. The summed E-state index contributed by atoms with van der Waals surface area (Å²) in [5, 5.41) is 8.86. The first-order valence-corrected chi connectivity index (χ1v) is 13.9. The lowest BCUT2D eigenvalue weighted by Gasteiger charge is -2.35. The number of rotatable bonds is 12. The Labute approximate surface area is 214 Å². The van der Waals surface area contributed by atoms with Crippen LogP contribution in [0, 0.1) is 23.2 Å². The maximum Gasteiger partial charge on any atom is 0.280 e. The molecular formula is C24H38N3O8P. The molecule has 0 aromatic rings. The van der Waals surface area contributed by atoms with Gasteiger partial charge in [0.05, 0.1) is 49.7 Å². The number of imide groups is 1. The Morgan fingerprint density at radius 3 is 2.42 bits per heavy atom. The predicted molar refractivity (Wildman–Crippen MR) is 128 cm³/mol. The first-order valence-electron chi connectivity index (χ1n) is 12.7. The number of hydrogen-bond acceptors (Lipinski definition) is 10. The van der Waals surface area contributed by atoms with Crippen molar-refractivity contribution in [2.24, 2.45) is 11.8 Å². The minimum atomic E-state index is -1.36. The zero-order chi connectivity index (χ0) is 26.2. The highest BCUT2D eigenvalue weighted by molar-refractivity contribution is 7.44. The number of nitrogens with zero attached hydrogens (tertiary/aromatic N) is 3. The molecule has 8 unspecified atom stereocenters. The molecule has 8 atom stereocenters. The molecule has 0 aliphatic carbocycles. The van der Waals surface area contributed by atoms with Crippen LogP contribution in [0.2, 0.25) is 0 Å². The maximum absolute atomic E-state index is 13.3. The van der Waals surface area contributed by atoms with Crippen LogP contribution in [0.25, 0.3) is 0 Å². The van der Waals surface area contributed by atoms with E-state index < -0.39 is 38.5 Å². The van der Waals surface area contributed by atoms with E-state index in [-0.39, 0.29) is 49.1 Å². The second-order valence-corrected chi connectivity index (χ2v) is 11.8. The van der Waals surface area contributed by atoms with Gasteiger partial charge in [0.25, 0.3) is 14.5 Å². The first kappa shape index (κ1) is 27.8. The van der Waals surface area contributed by atoms with Crippen LogP contribution in [-0.4, -0.2) is 90.7 Å². The number of methoxy groups -OCH3 is 1. The van der Waals surface area contributed by atoms with E-state index in [4.69, 9.17) is 33.3 Å². The largest absolute Gasteiger partial charge is 0.368 e. The number of carbonyl (C=O) groups is 2. The number of likely N-dealkylation sites (tertiary alicyclic amines) is 1. The van der Waals surface area contributed by atoms with Gasteiger partial charge < -0.3 is 28.0 Å². The summed E-state index contributed by atoms with van der Waals surface area (Å²) in [6.45, 7) is 10.9. The average Bonchev–Trinajstić information content (AvgIpc) is 3.39. The van der Waals surface area contributed by atoms with E-state index in [9.17, 15) is 9.59 Å². The van der Waals surface area contributed by atoms with Crippen molar-refractivity contribution in [3.63, 3.8) is 0 Å². The van der Waals surface area contributed by atoms with Crippen molar-refractivity contribution in [2.45, 2.75) is 96.4 Å². The lowest BCUT2D eigenvalue weighted by atomic mass is 9.85. The van der Waals surface area contributed by atoms with Gasteiger partial charge in [0.1, 0.15) is 12.2 Å². The third-order valence-corrected chi connectivity index (χ3v) is 9.32. The molecule has 0 spiro atoms. The van der Waals surface area contributed by atoms with Crippen molar-refractivity contribution in [3.05, 3.63) is 0 Å². The van der Waals surface area contributed by atoms with Gasteiger partial charge in [-0.3, -0.25) is 14.5 Å². The molecule has 2 bridgehead atoms. The number of carbonyl (C=O) groups excluding carboxylic acids is 2. The summed E-state index contributed by atoms with van der Waals surface area (Å²) in [6, 6.07) is 2.48. The fourth-order valence-corrected chi connectivity index (χ4v) is 7.34. The summed E-state index contributed by atoms with van der Waals surface area (Å²) in [5.41, 5.74) is 0. The van der Waals surface area contributed by atoms with Gasteiger partial charge in [0.2, 0.25) is 11.8 Å². The molecule has 36 heavy (non-hydrogen) atoms. The Kier molecular flexibility index (Phi) is 8.70. The Bertz CT molecular complexity index is 861. The van der Waals surface area contributed by atoms with Crippen LogP contribution in [0.15, 0.2) is 0 Å². The lowest BCUT2D eigenvalue weighted by Crippen LogP contribution is -2.44. The normalized spacial score (nSPS) is 36.2. The molecule has 12 heteroatoms. The van der Waals surface area contributed by atoms with E-state index in [2.05, 4.69) is 38.4 Å². The second-order valence-electron chi connectivity index (χ2n) is 10.3. The summed E-state index contributed by atoms with van der Waals surface area (Å²) in [5.74, 6) is -2.54. The SMILES string of the molecule is COC1(C)OC2C3CC4C(=O)N(CCCOP(OCCC#N)N(C(C)C)C(C)C)C(=O)C4C(O3)C2O1. The third kappa shape index (κ3) is 5.20. The van der Waals surface area contributed by atoms with Crippen molar-refractivity contribution < 1.29 is 37.6 Å². The van der Waals surface area contributed by atoms with E-state index in [1.165, 1.54) is 12.0 Å². The molecule has 11 nitrogen and oxygen atoms in total. The van der Waals surface area contributed by atoms with Crippen LogP contribution >= 0.6 is 8.53 Å². The Morgan fingerprint density at radius 1 is 1.11 bits per heavy atom. The summed E-state index contributed by atoms with van der Waals surface area (Å²) >= 11 is 0. The maximum atomic E-state index is 13.3. The second kappa shape index (κ2) is 11.3. The summed E-state index contributed by atoms with van der Waals surface area (Å²) in [4.78, 5) is 27.9. The van der Waals surface area contributed by atoms with Gasteiger partial charge in [-0.1, -0.05) is 0 Å². The van der Waals surface area contributed by atoms with Gasteiger partial charge in [-0.25, -0.2) is 4.67 Å². The topological polar surface area (TPSA) is 120 Å². The predicted octanol–water partition coefficient (Wildman–Crippen LogP) is 2.55. The highest BCUT2D eigenvalue weighted by atomic mass is 31.2. The molecular weight excluding hydrogens is 489 g/mol. The molecule has 4 aliphatic heterocycles. The van der Waals surface area contributed by atoms with Crippen LogP contribution in [0.5, 0.6) is 0 Å². The quantitative estimate of drug-likeness (QED) is 0.213. The van der Waals surface area contributed by atoms with E-state index in [0.717, 1.165) is 0 Å². The molecule has 4 aliphatic rings. The Morgan fingerprint density at radius 2 is 1.78 bits per heavy atom. The van der Waals surface area contributed by atoms with Crippen LogP contribution in [0.4, 0.5) is 0 Å². The zero-order valence-electron chi connectivity index (χ0n) is 21.9. The number of amides is 2. The molecule has 4 saturated heterocycles. The molecule has 0 saturated carbocycles. The molecule has 0 aromatic carbocycles. The Hall–Kier alpha value is -1.22. The summed E-state index contributed by atoms with van der Waals surface area (Å²) in [6.07, 6.45) is -0.412. The van der Waals surface area contributed by atoms with Gasteiger partial charge in [0.15, 0.2) is 0 Å². The minimum absolute atomic E-state index is 0.156. The van der Waals surface area contributed by atoms with E-state index in [0.29, 0.717) is 26.1 Å². The number of nitriles is 1. The number of fused-ring (bicyclic) bond motifs is 7. The van der Waals surface area contributed by atoms with Gasteiger partial charge in [-0.15, -0.1) is 0 Å². The van der Waals surface area contributed by atoms with Crippen molar-refractivity contribution in [3.8, 4) is 6.07 Å². The first-order chi connectivity index (χ1) is 17.1. The molecule has 202 valence electrons. The van der Waals surface area contributed by atoms with Crippen LogP contribution < -0.4 is 0 Å². The highest BCUT2D eigenvalue weighted by Crippen LogP contribution is 2.51. The molecule has 0 N–H and O–H groups in total.